The molecule has 1 aromatic carbocycles. The molecular weight excluding hydrogens is 256 g/mol. The second-order valence-corrected chi connectivity index (χ2v) is 4.62. The molecule has 0 amide bonds. The molecular formula is C16H22O4. The van der Waals surface area contributed by atoms with E-state index >= 15 is 0 Å². The van der Waals surface area contributed by atoms with E-state index < -0.39 is 0 Å². The summed E-state index contributed by atoms with van der Waals surface area (Å²) < 4.78 is 15.9. The fraction of sp³-hybridized carbons (Fsp3) is 0.438. The van der Waals surface area contributed by atoms with E-state index in [1.807, 2.05) is 32.0 Å². The minimum absolute atomic E-state index is 0.0755. The highest BCUT2D eigenvalue weighted by molar-refractivity contribution is 5.93. The van der Waals surface area contributed by atoms with Gasteiger partial charge in [0.2, 0.25) is 0 Å². The highest BCUT2D eigenvalue weighted by atomic mass is 16.5. The third-order valence-electron chi connectivity index (χ3n) is 2.53. The smallest absolute Gasteiger partial charge is 0.333 e. The Kier molecular flexibility index (Phi) is 6.10. The summed E-state index contributed by atoms with van der Waals surface area (Å²) in [6.45, 7) is 7.79. The highest BCUT2D eigenvalue weighted by Gasteiger charge is 2.09. The lowest BCUT2D eigenvalue weighted by Crippen LogP contribution is -2.07. The van der Waals surface area contributed by atoms with E-state index in [2.05, 4.69) is 0 Å². The summed E-state index contributed by atoms with van der Waals surface area (Å²) in [6.07, 6.45) is 1.84. The third-order valence-corrected chi connectivity index (χ3v) is 2.53. The zero-order valence-corrected chi connectivity index (χ0v) is 12.7. The first-order chi connectivity index (χ1) is 9.47. The van der Waals surface area contributed by atoms with Gasteiger partial charge < -0.3 is 14.2 Å². The molecule has 0 aromatic heterocycles. The highest BCUT2D eigenvalue weighted by Crippen LogP contribution is 2.29. The number of hydrogen-bond donors (Lipinski definition) is 0. The standard InChI is InChI=1S/C16H22O4/c1-6-19-16(17)12(4)9-13-7-8-14(20-11(2)3)15(10-13)18-5/h7-11H,6H2,1-5H3/b12-9+. The molecule has 110 valence electrons. The van der Waals surface area contributed by atoms with Crippen molar-refractivity contribution in [3.05, 3.63) is 29.3 Å². The van der Waals surface area contributed by atoms with E-state index in [0.29, 0.717) is 23.7 Å². The Morgan fingerprint density at radius 3 is 2.55 bits per heavy atom. The molecule has 0 spiro atoms. The van der Waals surface area contributed by atoms with Gasteiger partial charge in [-0.2, -0.15) is 0 Å². The molecule has 0 aliphatic heterocycles. The number of hydrogen-bond acceptors (Lipinski definition) is 4. The maximum Gasteiger partial charge on any atom is 0.333 e. The molecule has 0 fully saturated rings. The molecule has 0 heterocycles. The van der Waals surface area contributed by atoms with E-state index in [4.69, 9.17) is 14.2 Å². The van der Waals surface area contributed by atoms with Gasteiger partial charge in [0, 0.05) is 5.57 Å². The molecule has 0 unspecified atom stereocenters. The zero-order chi connectivity index (χ0) is 15.1. The second kappa shape index (κ2) is 7.58. The third kappa shape index (κ3) is 4.61. The van der Waals surface area contributed by atoms with Crippen LogP contribution in [0.25, 0.3) is 6.08 Å². The van der Waals surface area contributed by atoms with Crippen LogP contribution in [0.1, 0.15) is 33.3 Å². The normalized spacial score (nSPS) is 11.4. The SMILES string of the molecule is CCOC(=O)/C(C)=C/c1ccc(OC(C)C)c(OC)c1. The van der Waals surface area contributed by atoms with Crippen molar-refractivity contribution in [1.82, 2.24) is 0 Å². The van der Waals surface area contributed by atoms with Gasteiger partial charge in [-0.05, 0) is 51.5 Å². The maximum atomic E-state index is 11.6. The molecule has 4 nitrogen and oxygen atoms in total. The van der Waals surface area contributed by atoms with Gasteiger partial charge in [0.05, 0.1) is 19.8 Å². The topological polar surface area (TPSA) is 44.8 Å². The van der Waals surface area contributed by atoms with Crippen molar-refractivity contribution in [3.8, 4) is 11.5 Å². The van der Waals surface area contributed by atoms with Crippen molar-refractivity contribution < 1.29 is 19.0 Å². The Morgan fingerprint density at radius 2 is 2.00 bits per heavy atom. The van der Waals surface area contributed by atoms with Crippen molar-refractivity contribution in [1.29, 1.82) is 0 Å². The van der Waals surface area contributed by atoms with Gasteiger partial charge in [-0.3, -0.25) is 0 Å². The van der Waals surface area contributed by atoms with Crippen LogP contribution in [0.15, 0.2) is 23.8 Å². The molecule has 0 aliphatic carbocycles. The molecule has 0 bridgehead atoms. The molecule has 0 atom stereocenters. The van der Waals surface area contributed by atoms with Gasteiger partial charge >= 0.3 is 5.97 Å². The summed E-state index contributed by atoms with van der Waals surface area (Å²) in [7, 11) is 1.59. The average Bonchev–Trinajstić information content (AvgIpc) is 2.40. The van der Waals surface area contributed by atoms with Crippen LogP contribution < -0.4 is 9.47 Å². The molecule has 0 aliphatic rings. The minimum atomic E-state index is -0.311. The van der Waals surface area contributed by atoms with E-state index in [1.165, 1.54) is 0 Å². The Bertz CT molecular complexity index is 489. The lowest BCUT2D eigenvalue weighted by Gasteiger charge is -2.14. The predicted molar refractivity (Wildman–Crippen MR) is 79.0 cm³/mol. The molecule has 4 heteroatoms. The van der Waals surface area contributed by atoms with Gasteiger partial charge in [0.1, 0.15) is 0 Å². The molecule has 0 radical (unpaired) electrons. The number of benzene rings is 1. The summed E-state index contributed by atoms with van der Waals surface area (Å²) in [5.41, 5.74) is 1.41. The average molecular weight is 278 g/mol. The van der Waals surface area contributed by atoms with E-state index in [-0.39, 0.29) is 12.1 Å². The van der Waals surface area contributed by atoms with Gasteiger partial charge in [0.15, 0.2) is 11.5 Å². The summed E-state index contributed by atoms with van der Waals surface area (Å²) in [6, 6.07) is 5.55. The summed E-state index contributed by atoms with van der Waals surface area (Å²) in [4.78, 5) is 11.6. The van der Waals surface area contributed by atoms with E-state index in [1.54, 1.807) is 27.0 Å². The van der Waals surface area contributed by atoms with Crippen LogP contribution in [0.4, 0.5) is 0 Å². The first kappa shape index (κ1) is 16.1. The number of ether oxygens (including phenoxy) is 3. The summed E-state index contributed by atoms with van der Waals surface area (Å²) >= 11 is 0. The van der Waals surface area contributed by atoms with Crippen LogP contribution in [0.5, 0.6) is 11.5 Å². The largest absolute Gasteiger partial charge is 0.493 e. The molecule has 1 aromatic rings. The van der Waals surface area contributed by atoms with Crippen molar-refractivity contribution >= 4 is 12.0 Å². The Morgan fingerprint density at radius 1 is 1.30 bits per heavy atom. The lowest BCUT2D eigenvalue weighted by atomic mass is 10.1. The Labute approximate surface area is 120 Å². The fourth-order valence-corrected chi connectivity index (χ4v) is 1.68. The van der Waals surface area contributed by atoms with E-state index in [0.717, 1.165) is 5.56 Å². The molecule has 0 saturated heterocycles. The lowest BCUT2D eigenvalue weighted by molar-refractivity contribution is -0.138. The quantitative estimate of drug-likeness (QED) is 0.590. The van der Waals surface area contributed by atoms with Crippen LogP contribution in [0, 0.1) is 0 Å². The maximum absolute atomic E-state index is 11.6. The van der Waals surface area contributed by atoms with E-state index in [9.17, 15) is 4.79 Å². The first-order valence-corrected chi connectivity index (χ1v) is 6.68. The van der Waals surface area contributed by atoms with Gasteiger partial charge in [-0.15, -0.1) is 0 Å². The van der Waals surface area contributed by atoms with Crippen LogP contribution in [-0.2, 0) is 9.53 Å². The van der Waals surface area contributed by atoms with Crippen LogP contribution >= 0.6 is 0 Å². The molecule has 20 heavy (non-hydrogen) atoms. The number of esters is 1. The number of carbonyl (C=O) groups is 1. The molecule has 0 saturated carbocycles. The molecule has 0 N–H and O–H groups in total. The Hall–Kier alpha value is -1.97. The predicted octanol–water partition coefficient (Wildman–Crippen LogP) is 3.45. The van der Waals surface area contributed by atoms with Crippen molar-refractivity contribution in [3.63, 3.8) is 0 Å². The van der Waals surface area contributed by atoms with Crippen molar-refractivity contribution in [2.75, 3.05) is 13.7 Å². The first-order valence-electron chi connectivity index (χ1n) is 6.68. The fourth-order valence-electron chi connectivity index (χ4n) is 1.68. The van der Waals surface area contributed by atoms with Crippen LogP contribution in [0.3, 0.4) is 0 Å². The Balaban J connectivity index is 2.98. The minimum Gasteiger partial charge on any atom is -0.493 e. The van der Waals surface area contributed by atoms with Gasteiger partial charge in [-0.1, -0.05) is 6.07 Å². The number of carbonyl (C=O) groups excluding carboxylic acids is 1. The van der Waals surface area contributed by atoms with Crippen molar-refractivity contribution in [2.24, 2.45) is 0 Å². The zero-order valence-electron chi connectivity index (χ0n) is 12.7. The van der Waals surface area contributed by atoms with Crippen molar-refractivity contribution in [2.45, 2.75) is 33.8 Å². The van der Waals surface area contributed by atoms with Crippen LogP contribution in [-0.4, -0.2) is 25.8 Å². The number of methoxy groups -OCH3 is 1. The second-order valence-electron chi connectivity index (χ2n) is 4.62. The van der Waals surface area contributed by atoms with Crippen LogP contribution in [0.2, 0.25) is 0 Å². The number of rotatable bonds is 6. The van der Waals surface area contributed by atoms with Gasteiger partial charge in [0.25, 0.3) is 0 Å². The summed E-state index contributed by atoms with van der Waals surface area (Å²) in [5.74, 6) is 1.02. The summed E-state index contributed by atoms with van der Waals surface area (Å²) in [5, 5.41) is 0. The van der Waals surface area contributed by atoms with Gasteiger partial charge in [-0.25, -0.2) is 4.79 Å². The molecule has 1 rings (SSSR count). The monoisotopic (exact) mass is 278 g/mol.